The van der Waals surface area contributed by atoms with Crippen molar-refractivity contribution >= 4 is 11.6 Å². The van der Waals surface area contributed by atoms with Gasteiger partial charge in [-0.05, 0) is 13.0 Å². The van der Waals surface area contributed by atoms with Crippen molar-refractivity contribution in [1.29, 1.82) is 0 Å². The number of hydrogen-bond donors (Lipinski definition) is 2. The summed E-state index contributed by atoms with van der Waals surface area (Å²) >= 11 is 0. The highest BCUT2D eigenvalue weighted by molar-refractivity contribution is 6.00. The van der Waals surface area contributed by atoms with Gasteiger partial charge in [0, 0.05) is 18.7 Å². The van der Waals surface area contributed by atoms with Crippen LogP contribution in [-0.2, 0) is 0 Å². The standard InChI is InChI=1S/C10H10F2N2O/c1-5-4-13-9-3-8(12)7(11)2-6(9)10(15)14-5/h2-3,5,13H,4H2,1H3,(H,14,15). The molecule has 1 unspecified atom stereocenters. The Morgan fingerprint density at radius 3 is 2.73 bits per heavy atom. The van der Waals surface area contributed by atoms with Crippen LogP contribution in [0.3, 0.4) is 0 Å². The second kappa shape index (κ2) is 3.49. The molecule has 80 valence electrons. The van der Waals surface area contributed by atoms with E-state index in [2.05, 4.69) is 10.6 Å². The molecule has 1 aromatic carbocycles. The Morgan fingerprint density at radius 2 is 2.00 bits per heavy atom. The monoisotopic (exact) mass is 212 g/mol. The van der Waals surface area contributed by atoms with Crippen molar-refractivity contribution in [2.45, 2.75) is 13.0 Å². The zero-order valence-electron chi connectivity index (χ0n) is 8.10. The van der Waals surface area contributed by atoms with Crippen molar-refractivity contribution in [2.75, 3.05) is 11.9 Å². The van der Waals surface area contributed by atoms with Crippen LogP contribution >= 0.6 is 0 Å². The second-order valence-corrected chi connectivity index (χ2v) is 3.57. The van der Waals surface area contributed by atoms with Crippen LogP contribution < -0.4 is 10.6 Å². The number of rotatable bonds is 0. The molecule has 1 aliphatic rings. The molecule has 15 heavy (non-hydrogen) atoms. The first-order valence-electron chi connectivity index (χ1n) is 4.61. The molecule has 0 aliphatic carbocycles. The van der Waals surface area contributed by atoms with Crippen molar-refractivity contribution in [2.24, 2.45) is 0 Å². The fourth-order valence-corrected chi connectivity index (χ4v) is 1.50. The molecule has 0 aromatic heterocycles. The molecule has 1 atom stereocenters. The van der Waals surface area contributed by atoms with E-state index in [1.165, 1.54) is 0 Å². The van der Waals surface area contributed by atoms with Crippen molar-refractivity contribution in [3.05, 3.63) is 29.3 Å². The topological polar surface area (TPSA) is 41.1 Å². The van der Waals surface area contributed by atoms with Gasteiger partial charge >= 0.3 is 0 Å². The summed E-state index contributed by atoms with van der Waals surface area (Å²) in [6.45, 7) is 2.30. The number of halogens is 2. The van der Waals surface area contributed by atoms with Crippen LogP contribution in [0.25, 0.3) is 0 Å². The Kier molecular flexibility index (Phi) is 2.30. The van der Waals surface area contributed by atoms with Crippen LogP contribution in [0.2, 0.25) is 0 Å². The maximum absolute atomic E-state index is 12.9. The zero-order valence-corrected chi connectivity index (χ0v) is 8.10. The maximum atomic E-state index is 12.9. The molecule has 1 heterocycles. The minimum atomic E-state index is -1.01. The highest BCUT2D eigenvalue weighted by Gasteiger charge is 2.20. The van der Waals surface area contributed by atoms with Crippen LogP contribution in [0.4, 0.5) is 14.5 Å². The van der Waals surface area contributed by atoms with E-state index in [-0.39, 0.29) is 17.5 Å². The van der Waals surface area contributed by atoms with Gasteiger partial charge in [0.2, 0.25) is 0 Å². The predicted molar refractivity (Wildman–Crippen MR) is 51.8 cm³/mol. The molecular formula is C10H10F2N2O. The SMILES string of the molecule is CC1CNc2cc(F)c(F)cc2C(=O)N1. The third kappa shape index (κ3) is 1.77. The molecule has 3 nitrogen and oxygen atoms in total. The number of carbonyl (C=O) groups is 1. The number of hydrogen-bond acceptors (Lipinski definition) is 2. The number of carbonyl (C=O) groups excluding carboxylic acids is 1. The summed E-state index contributed by atoms with van der Waals surface area (Å²) in [7, 11) is 0. The van der Waals surface area contributed by atoms with E-state index in [1.54, 1.807) is 0 Å². The quantitative estimate of drug-likeness (QED) is 0.684. The zero-order chi connectivity index (χ0) is 11.0. The molecule has 0 bridgehead atoms. The Morgan fingerprint density at radius 1 is 1.33 bits per heavy atom. The number of amides is 1. The summed E-state index contributed by atoms with van der Waals surface area (Å²) in [5.74, 6) is -2.36. The Labute approximate surface area is 85.5 Å². The number of nitrogens with one attached hydrogen (secondary N) is 2. The molecule has 0 spiro atoms. The van der Waals surface area contributed by atoms with Crippen molar-refractivity contribution < 1.29 is 13.6 Å². The molecule has 1 aromatic rings. The van der Waals surface area contributed by atoms with E-state index in [4.69, 9.17) is 0 Å². The lowest BCUT2D eigenvalue weighted by atomic mass is 10.1. The molecule has 2 rings (SSSR count). The first-order valence-corrected chi connectivity index (χ1v) is 4.61. The lowest BCUT2D eigenvalue weighted by molar-refractivity contribution is 0.0945. The molecule has 1 amide bonds. The van der Waals surface area contributed by atoms with Gasteiger partial charge in [-0.3, -0.25) is 4.79 Å². The van der Waals surface area contributed by atoms with Crippen LogP contribution in [0.5, 0.6) is 0 Å². The minimum Gasteiger partial charge on any atom is -0.382 e. The van der Waals surface area contributed by atoms with Gasteiger partial charge in [-0.2, -0.15) is 0 Å². The molecular weight excluding hydrogens is 202 g/mol. The third-order valence-corrected chi connectivity index (χ3v) is 2.28. The highest BCUT2D eigenvalue weighted by atomic mass is 19.2. The first kappa shape index (κ1) is 9.89. The minimum absolute atomic E-state index is 0.0731. The number of anilines is 1. The van der Waals surface area contributed by atoms with Gasteiger partial charge in [0.25, 0.3) is 5.91 Å². The number of benzene rings is 1. The molecule has 2 N–H and O–H groups in total. The summed E-state index contributed by atoms with van der Waals surface area (Å²) < 4.78 is 25.8. The van der Waals surface area contributed by atoms with E-state index in [0.717, 1.165) is 12.1 Å². The Bertz CT molecular complexity index is 420. The summed E-state index contributed by atoms with van der Waals surface area (Å²) in [5, 5.41) is 5.54. The van der Waals surface area contributed by atoms with E-state index in [9.17, 15) is 13.6 Å². The molecule has 5 heteroatoms. The van der Waals surface area contributed by atoms with Crippen LogP contribution in [0.15, 0.2) is 12.1 Å². The molecule has 0 radical (unpaired) electrons. The fourth-order valence-electron chi connectivity index (χ4n) is 1.50. The van der Waals surface area contributed by atoms with Gasteiger partial charge in [-0.15, -0.1) is 0 Å². The van der Waals surface area contributed by atoms with Crippen LogP contribution in [0, 0.1) is 11.6 Å². The summed E-state index contributed by atoms with van der Waals surface area (Å²) in [6, 6.07) is 1.84. The average molecular weight is 212 g/mol. The normalized spacial score (nSPS) is 19.9. The molecule has 1 aliphatic heterocycles. The van der Waals surface area contributed by atoms with Crippen LogP contribution in [0.1, 0.15) is 17.3 Å². The predicted octanol–water partition coefficient (Wildman–Crippen LogP) is 1.51. The molecule has 0 saturated carbocycles. The van der Waals surface area contributed by atoms with E-state index < -0.39 is 11.6 Å². The van der Waals surface area contributed by atoms with Gasteiger partial charge in [0.1, 0.15) is 0 Å². The van der Waals surface area contributed by atoms with Gasteiger partial charge in [0.05, 0.1) is 11.3 Å². The Balaban J connectivity index is 2.49. The summed E-state index contributed by atoms with van der Waals surface area (Å²) in [6.07, 6.45) is 0. The van der Waals surface area contributed by atoms with Crippen molar-refractivity contribution in [3.63, 3.8) is 0 Å². The lowest BCUT2D eigenvalue weighted by Gasteiger charge is -2.08. The maximum Gasteiger partial charge on any atom is 0.253 e. The average Bonchev–Trinajstić information content (AvgIpc) is 2.30. The summed E-state index contributed by atoms with van der Waals surface area (Å²) in [4.78, 5) is 11.5. The van der Waals surface area contributed by atoms with Gasteiger partial charge in [-0.25, -0.2) is 8.78 Å². The van der Waals surface area contributed by atoms with Crippen molar-refractivity contribution in [3.8, 4) is 0 Å². The molecule has 0 fully saturated rings. The summed E-state index contributed by atoms with van der Waals surface area (Å²) in [5.41, 5.74) is 0.467. The van der Waals surface area contributed by atoms with E-state index >= 15 is 0 Å². The van der Waals surface area contributed by atoms with E-state index in [0.29, 0.717) is 12.2 Å². The third-order valence-electron chi connectivity index (χ3n) is 2.28. The van der Waals surface area contributed by atoms with Gasteiger partial charge in [0.15, 0.2) is 11.6 Å². The molecule has 0 saturated heterocycles. The van der Waals surface area contributed by atoms with Crippen molar-refractivity contribution in [1.82, 2.24) is 5.32 Å². The Hall–Kier alpha value is -1.65. The smallest absolute Gasteiger partial charge is 0.253 e. The first-order chi connectivity index (χ1) is 7.08. The lowest BCUT2D eigenvalue weighted by Crippen LogP contribution is -2.34. The second-order valence-electron chi connectivity index (χ2n) is 3.57. The van der Waals surface area contributed by atoms with Gasteiger partial charge in [-0.1, -0.05) is 0 Å². The number of fused-ring (bicyclic) bond motifs is 1. The highest BCUT2D eigenvalue weighted by Crippen LogP contribution is 2.21. The van der Waals surface area contributed by atoms with Crippen LogP contribution in [-0.4, -0.2) is 18.5 Å². The fraction of sp³-hybridized carbons (Fsp3) is 0.300. The van der Waals surface area contributed by atoms with Gasteiger partial charge < -0.3 is 10.6 Å². The largest absolute Gasteiger partial charge is 0.382 e. The van der Waals surface area contributed by atoms with E-state index in [1.807, 2.05) is 6.92 Å².